The zero-order chi connectivity index (χ0) is 21.0. The quantitative estimate of drug-likeness (QED) is 0.264. The van der Waals surface area contributed by atoms with E-state index in [9.17, 15) is 4.79 Å². The van der Waals surface area contributed by atoms with Crippen molar-refractivity contribution in [2.45, 2.75) is 69.2 Å². The van der Waals surface area contributed by atoms with Gasteiger partial charge in [-0.25, -0.2) is 9.68 Å². The summed E-state index contributed by atoms with van der Waals surface area (Å²) in [5.74, 6) is 0.583. The monoisotopic (exact) mass is 444 g/mol. The Balaban J connectivity index is 1.62. The molecule has 2 aromatic rings. The summed E-state index contributed by atoms with van der Waals surface area (Å²) in [7, 11) is 1.41. The number of fused-ring (bicyclic) bond motifs is 1. The molecule has 1 fully saturated rings. The predicted molar refractivity (Wildman–Crippen MR) is 110 cm³/mol. The van der Waals surface area contributed by atoms with E-state index < -0.39 is 5.60 Å². The van der Waals surface area contributed by atoms with Gasteiger partial charge < -0.3 is 15.4 Å². The minimum Gasteiger partial charge on any atom is -0.444 e. The van der Waals surface area contributed by atoms with Crippen molar-refractivity contribution in [3.8, 4) is 0 Å². The maximum absolute atomic E-state index is 12.0. The highest BCUT2D eigenvalue weighted by Gasteiger charge is 2.26. The molecule has 0 bridgehead atoms. The molecule has 0 aromatic carbocycles. The van der Waals surface area contributed by atoms with Crippen LogP contribution in [-0.4, -0.2) is 51.1 Å². The zero-order valence-electron chi connectivity index (χ0n) is 16.7. The minimum atomic E-state index is -0.507. The van der Waals surface area contributed by atoms with E-state index in [1.165, 1.54) is 7.11 Å². The summed E-state index contributed by atoms with van der Waals surface area (Å²) in [4.78, 5) is 25.1. The Bertz CT molecular complexity index is 850. The van der Waals surface area contributed by atoms with Crippen molar-refractivity contribution in [3.05, 3.63) is 5.28 Å². The van der Waals surface area contributed by atoms with Gasteiger partial charge in [0.05, 0.1) is 24.5 Å². The molecule has 0 unspecified atom stereocenters. The van der Waals surface area contributed by atoms with Crippen molar-refractivity contribution in [1.29, 1.82) is 0 Å². The fourth-order valence-corrected chi connectivity index (χ4v) is 3.82. The second-order valence-corrected chi connectivity index (χ2v) is 8.78. The number of carbonyl (C=O) groups excluding carboxylic acids is 1. The molecule has 0 aliphatic heterocycles. The number of hydrogen-bond acceptors (Lipinski definition) is 9. The number of nitrogens with zero attached hydrogens (tertiary/aromatic N) is 3. The van der Waals surface area contributed by atoms with Crippen LogP contribution in [-0.2, 0) is 14.0 Å². The molecule has 12 heteroatoms. The summed E-state index contributed by atoms with van der Waals surface area (Å²) in [6, 6.07) is 0.268. The summed E-state index contributed by atoms with van der Waals surface area (Å²) in [6.45, 7) is 5.54. The Morgan fingerprint density at radius 1 is 1.21 bits per heavy atom. The third-order valence-electron chi connectivity index (χ3n) is 4.33. The van der Waals surface area contributed by atoms with Gasteiger partial charge >= 0.3 is 6.09 Å². The largest absolute Gasteiger partial charge is 0.444 e. The molecule has 10 nitrogen and oxygen atoms in total. The predicted octanol–water partition coefficient (Wildman–Crippen LogP) is 3.84. The zero-order valence-corrected chi connectivity index (χ0v) is 18.3. The van der Waals surface area contributed by atoms with Crippen LogP contribution >= 0.6 is 23.6 Å². The lowest BCUT2D eigenvalue weighted by Crippen LogP contribution is -2.42. The molecule has 1 amide bonds. The van der Waals surface area contributed by atoms with Crippen molar-refractivity contribution in [3.63, 3.8) is 0 Å². The lowest BCUT2D eigenvalue weighted by atomic mass is 9.91. The Labute approximate surface area is 177 Å². The van der Waals surface area contributed by atoms with Crippen molar-refractivity contribution >= 4 is 46.6 Å². The molecule has 3 rings (SSSR count). The molecule has 0 atom stereocenters. The summed E-state index contributed by atoms with van der Waals surface area (Å²) in [5, 5.41) is 14.7. The molecule has 29 heavy (non-hydrogen) atoms. The van der Waals surface area contributed by atoms with Gasteiger partial charge in [0.2, 0.25) is 5.28 Å². The minimum absolute atomic E-state index is 0.0899. The normalized spacial score (nSPS) is 19.9. The van der Waals surface area contributed by atoms with Gasteiger partial charge in [0.15, 0.2) is 10.7 Å². The fourth-order valence-electron chi connectivity index (χ4n) is 3.16. The number of amides is 1. The number of hydrogen-bond donors (Lipinski definition) is 3. The number of nitrogens with one attached hydrogen (secondary N) is 3. The van der Waals surface area contributed by atoms with Crippen LogP contribution in [0.1, 0.15) is 46.5 Å². The molecule has 1 saturated carbocycles. The summed E-state index contributed by atoms with van der Waals surface area (Å²) in [6.07, 6.45) is 3.00. The van der Waals surface area contributed by atoms with Crippen LogP contribution < -0.4 is 10.6 Å². The first kappa shape index (κ1) is 21.9. The lowest BCUT2D eigenvalue weighted by Gasteiger charge is -2.30. The smallest absolute Gasteiger partial charge is 0.407 e. The number of aromatic nitrogens is 4. The average molecular weight is 445 g/mol. The molecule has 2 heterocycles. The van der Waals surface area contributed by atoms with Crippen LogP contribution in [0.5, 0.6) is 0 Å². The molecule has 1 aliphatic carbocycles. The summed E-state index contributed by atoms with van der Waals surface area (Å²) in [5.41, 5.74) is 0.00263. The van der Waals surface area contributed by atoms with Crippen molar-refractivity contribution in [2.75, 3.05) is 12.4 Å². The average Bonchev–Trinajstić information content (AvgIpc) is 3.02. The number of ether oxygens (including phenoxy) is 1. The molecular formula is C17H25ClN6O4S. The van der Waals surface area contributed by atoms with Crippen LogP contribution in [0.2, 0.25) is 5.28 Å². The maximum atomic E-state index is 12.0. The van der Waals surface area contributed by atoms with E-state index in [1.54, 1.807) is 0 Å². The van der Waals surface area contributed by atoms with Gasteiger partial charge in [0.1, 0.15) is 11.4 Å². The molecule has 0 spiro atoms. The Morgan fingerprint density at radius 3 is 2.55 bits per heavy atom. The number of alkyl carbamates (subject to hydrolysis) is 1. The highest BCUT2D eigenvalue weighted by Crippen LogP contribution is 2.32. The van der Waals surface area contributed by atoms with Gasteiger partial charge in [-0.2, -0.15) is 19.4 Å². The van der Waals surface area contributed by atoms with E-state index >= 15 is 0 Å². The van der Waals surface area contributed by atoms with E-state index in [1.807, 2.05) is 20.8 Å². The second-order valence-electron chi connectivity index (χ2n) is 7.75. The SMILES string of the molecule is COOSc1n[nH]c2nc(Cl)nc(NC3CCC(NC(=O)OC(C)(C)C)CC3)c12. The van der Waals surface area contributed by atoms with Crippen molar-refractivity contribution in [1.82, 2.24) is 25.5 Å². The standard InChI is InChI=1S/C17H25ClN6O4S/c1-17(2,3)27-16(25)20-10-7-5-9(6-8-10)19-12-11-13(22-15(18)21-12)23-24-14(11)29-28-26-4/h9-10H,5-8H2,1-4H3,(H,20,25)(H2,19,21,22,23,24). The fraction of sp³-hybridized carbons (Fsp3) is 0.647. The first-order chi connectivity index (χ1) is 13.7. The molecule has 0 saturated heterocycles. The van der Waals surface area contributed by atoms with E-state index in [0.29, 0.717) is 21.9 Å². The third-order valence-corrected chi connectivity index (χ3v) is 5.16. The molecule has 3 N–H and O–H groups in total. The first-order valence-electron chi connectivity index (χ1n) is 9.30. The number of halogens is 1. The van der Waals surface area contributed by atoms with E-state index in [0.717, 1.165) is 37.7 Å². The lowest BCUT2D eigenvalue weighted by molar-refractivity contribution is -0.160. The molecule has 2 aromatic heterocycles. The third kappa shape index (κ3) is 6.08. The van der Waals surface area contributed by atoms with Gasteiger partial charge in [-0.15, -0.1) is 0 Å². The van der Waals surface area contributed by atoms with Crippen LogP contribution in [0.3, 0.4) is 0 Å². The highest BCUT2D eigenvalue weighted by molar-refractivity contribution is 7.94. The molecular weight excluding hydrogens is 420 g/mol. The van der Waals surface area contributed by atoms with Crippen LogP contribution in [0.25, 0.3) is 11.0 Å². The Hall–Kier alpha value is -1.82. The highest BCUT2D eigenvalue weighted by atomic mass is 35.5. The summed E-state index contributed by atoms with van der Waals surface area (Å²) < 4.78 is 10.2. The van der Waals surface area contributed by atoms with Gasteiger partial charge in [-0.3, -0.25) is 5.10 Å². The van der Waals surface area contributed by atoms with Gasteiger partial charge in [0.25, 0.3) is 0 Å². The topological polar surface area (TPSA) is 123 Å². The van der Waals surface area contributed by atoms with E-state index in [4.69, 9.17) is 20.7 Å². The van der Waals surface area contributed by atoms with Gasteiger partial charge in [0, 0.05) is 12.1 Å². The van der Waals surface area contributed by atoms with Crippen LogP contribution in [0.15, 0.2) is 5.03 Å². The Morgan fingerprint density at radius 2 is 1.90 bits per heavy atom. The van der Waals surface area contributed by atoms with Gasteiger partial charge in [-0.1, -0.05) is 0 Å². The number of anilines is 1. The van der Waals surface area contributed by atoms with Crippen molar-refractivity contribution in [2.24, 2.45) is 0 Å². The van der Waals surface area contributed by atoms with Crippen LogP contribution in [0.4, 0.5) is 10.6 Å². The Kier molecular flexibility index (Phi) is 7.04. The van der Waals surface area contributed by atoms with Crippen LogP contribution in [0, 0.1) is 0 Å². The molecule has 0 radical (unpaired) electrons. The molecule has 1 aliphatic rings. The molecule has 160 valence electrons. The van der Waals surface area contributed by atoms with E-state index in [2.05, 4.69) is 35.7 Å². The first-order valence-corrected chi connectivity index (χ1v) is 10.4. The second kappa shape index (κ2) is 9.33. The van der Waals surface area contributed by atoms with E-state index in [-0.39, 0.29) is 23.5 Å². The number of aromatic amines is 1. The van der Waals surface area contributed by atoms with Crippen molar-refractivity contribution < 1.29 is 18.8 Å². The number of H-pyrrole nitrogens is 1. The summed E-state index contributed by atoms with van der Waals surface area (Å²) >= 11 is 7.02. The van der Waals surface area contributed by atoms with Gasteiger partial charge in [-0.05, 0) is 58.1 Å². The maximum Gasteiger partial charge on any atom is 0.407 e. The number of rotatable bonds is 6. The number of carbonyl (C=O) groups is 1.